The summed E-state index contributed by atoms with van der Waals surface area (Å²) in [6, 6.07) is 11.5. The summed E-state index contributed by atoms with van der Waals surface area (Å²) >= 11 is 9.32. The molecule has 0 saturated heterocycles. The van der Waals surface area contributed by atoms with Crippen molar-refractivity contribution in [2.24, 2.45) is 0 Å². The molecule has 1 aromatic heterocycles. The molecule has 31 heavy (non-hydrogen) atoms. The third-order valence-electron chi connectivity index (χ3n) is 4.18. The molecule has 3 aromatic rings. The monoisotopic (exact) mass is 506 g/mol. The number of halogens is 2. The summed E-state index contributed by atoms with van der Waals surface area (Å²) in [5.74, 6) is 0.961. The quantitative estimate of drug-likeness (QED) is 0.360. The van der Waals surface area contributed by atoms with Crippen LogP contribution in [0.2, 0.25) is 0 Å². The molecule has 1 heterocycles. The Morgan fingerprint density at radius 3 is 2.65 bits per heavy atom. The fourth-order valence-electron chi connectivity index (χ4n) is 2.89. The van der Waals surface area contributed by atoms with Gasteiger partial charge >= 0.3 is 6.09 Å². The second-order valence-electron chi connectivity index (χ2n) is 7.85. The van der Waals surface area contributed by atoms with Gasteiger partial charge in [0.05, 0.1) is 10.2 Å². The minimum atomic E-state index is -0.659. The molecule has 0 bridgehead atoms. The average molecular weight is 508 g/mol. The normalized spacial score (nSPS) is 11.8. The number of ether oxygens (including phenoxy) is 2. The van der Waals surface area contributed by atoms with Crippen molar-refractivity contribution in [1.29, 1.82) is 0 Å². The largest absolute Gasteiger partial charge is 0.485 e. The highest BCUT2D eigenvalue weighted by atomic mass is 79.9. The van der Waals surface area contributed by atoms with Crippen molar-refractivity contribution in [2.75, 3.05) is 11.4 Å². The highest BCUT2D eigenvalue weighted by molar-refractivity contribution is 9.10. The van der Waals surface area contributed by atoms with Gasteiger partial charge in [0.2, 0.25) is 0 Å². The SMILES string of the molecule is Cc1nc2c(Br)c(N(CC=CCl)C(=O)OC(C)(C)C)cc(OCc3ccccc3)c2o1. The lowest BCUT2D eigenvalue weighted by Crippen LogP contribution is -2.37. The van der Waals surface area contributed by atoms with Crippen LogP contribution in [0.15, 0.2) is 56.9 Å². The molecule has 0 saturated carbocycles. The molecule has 0 radical (unpaired) electrons. The van der Waals surface area contributed by atoms with Crippen LogP contribution >= 0.6 is 27.5 Å². The summed E-state index contributed by atoms with van der Waals surface area (Å²) < 4.78 is 18.1. The van der Waals surface area contributed by atoms with Gasteiger partial charge in [-0.3, -0.25) is 4.90 Å². The fourth-order valence-corrected chi connectivity index (χ4v) is 3.57. The minimum Gasteiger partial charge on any atom is -0.485 e. The molecule has 0 unspecified atom stereocenters. The number of aromatic nitrogens is 1. The molecular formula is C23H24BrClN2O4. The lowest BCUT2D eigenvalue weighted by Gasteiger charge is -2.27. The lowest BCUT2D eigenvalue weighted by atomic mass is 10.2. The van der Waals surface area contributed by atoms with Crippen LogP contribution in [0.3, 0.4) is 0 Å². The van der Waals surface area contributed by atoms with E-state index in [4.69, 9.17) is 25.5 Å². The first-order valence-corrected chi connectivity index (χ1v) is 10.9. The topological polar surface area (TPSA) is 64.8 Å². The first kappa shape index (κ1) is 23.2. The molecule has 0 aliphatic heterocycles. The van der Waals surface area contributed by atoms with E-state index in [1.807, 2.05) is 51.1 Å². The Morgan fingerprint density at radius 1 is 1.29 bits per heavy atom. The summed E-state index contributed by atoms with van der Waals surface area (Å²) in [5.41, 5.74) is 3.30. The van der Waals surface area contributed by atoms with Crippen LogP contribution in [0.5, 0.6) is 5.75 Å². The van der Waals surface area contributed by atoms with Crippen molar-refractivity contribution in [3.63, 3.8) is 0 Å². The van der Waals surface area contributed by atoms with E-state index in [-0.39, 0.29) is 6.54 Å². The van der Waals surface area contributed by atoms with Crippen LogP contribution in [0, 0.1) is 6.92 Å². The van der Waals surface area contributed by atoms with Crippen molar-refractivity contribution in [2.45, 2.75) is 39.9 Å². The number of fused-ring (bicyclic) bond motifs is 1. The van der Waals surface area contributed by atoms with E-state index >= 15 is 0 Å². The van der Waals surface area contributed by atoms with Crippen molar-refractivity contribution < 1.29 is 18.7 Å². The standard InChI is InChI=1S/C23H24BrClN2O4/c1-15-26-20-19(24)17(27(12-8-11-25)22(28)31-23(2,3)4)13-18(21(20)30-15)29-14-16-9-6-5-7-10-16/h5-11,13H,12,14H2,1-4H3. The van der Waals surface area contributed by atoms with Gasteiger partial charge in [-0.05, 0) is 42.3 Å². The fraction of sp³-hybridized carbons (Fsp3) is 0.304. The lowest BCUT2D eigenvalue weighted by molar-refractivity contribution is 0.0584. The van der Waals surface area contributed by atoms with E-state index in [1.54, 1.807) is 19.1 Å². The number of rotatable bonds is 6. The molecule has 0 aliphatic carbocycles. The van der Waals surface area contributed by atoms with Crippen LogP contribution < -0.4 is 9.64 Å². The van der Waals surface area contributed by atoms with Crippen LogP contribution in [0.1, 0.15) is 32.2 Å². The second-order valence-corrected chi connectivity index (χ2v) is 8.89. The van der Waals surface area contributed by atoms with Gasteiger partial charge in [-0.1, -0.05) is 48.0 Å². The average Bonchev–Trinajstić information content (AvgIpc) is 3.10. The molecule has 2 aromatic carbocycles. The number of oxazole rings is 1. The number of hydrogen-bond donors (Lipinski definition) is 0. The Labute approximate surface area is 194 Å². The van der Waals surface area contributed by atoms with E-state index < -0.39 is 11.7 Å². The van der Waals surface area contributed by atoms with Gasteiger partial charge in [-0.2, -0.15) is 0 Å². The Morgan fingerprint density at radius 2 is 2.00 bits per heavy atom. The van der Waals surface area contributed by atoms with Crippen molar-refractivity contribution >= 4 is 50.4 Å². The van der Waals surface area contributed by atoms with E-state index in [2.05, 4.69) is 20.9 Å². The number of amides is 1. The maximum atomic E-state index is 13.0. The number of nitrogens with zero attached hydrogens (tertiary/aromatic N) is 2. The third-order valence-corrected chi connectivity index (χ3v) is 5.14. The second kappa shape index (κ2) is 9.75. The number of benzene rings is 2. The summed E-state index contributed by atoms with van der Waals surface area (Å²) in [5, 5.41) is 0. The van der Waals surface area contributed by atoms with Gasteiger partial charge in [0.25, 0.3) is 0 Å². The first-order chi connectivity index (χ1) is 14.7. The predicted molar refractivity (Wildman–Crippen MR) is 126 cm³/mol. The van der Waals surface area contributed by atoms with E-state index in [0.717, 1.165) is 5.56 Å². The Hall–Kier alpha value is -2.51. The van der Waals surface area contributed by atoms with Gasteiger partial charge in [0.15, 0.2) is 17.2 Å². The van der Waals surface area contributed by atoms with Crippen molar-refractivity contribution in [3.8, 4) is 5.75 Å². The van der Waals surface area contributed by atoms with Crippen molar-refractivity contribution in [1.82, 2.24) is 4.98 Å². The Bertz CT molecular complexity index is 1090. The van der Waals surface area contributed by atoms with E-state index in [1.165, 1.54) is 10.4 Å². The third kappa shape index (κ3) is 5.80. The van der Waals surface area contributed by atoms with Gasteiger partial charge in [0.1, 0.15) is 17.7 Å². The van der Waals surface area contributed by atoms with Crippen LogP contribution in [-0.4, -0.2) is 23.2 Å². The van der Waals surface area contributed by atoms with Crippen molar-refractivity contribution in [3.05, 3.63) is 63.9 Å². The Balaban J connectivity index is 2.06. The molecule has 0 N–H and O–H groups in total. The maximum Gasteiger partial charge on any atom is 0.415 e. The van der Waals surface area contributed by atoms with E-state index in [0.29, 0.717) is 39.5 Å². The van der Waals surface area contributed by atoms with E-state index in [9.17, 15) is 4.79 Å². The zero-order valence-corrected chi connectivity index (χ0v) is 20.2. The smallest absolute Gasteiger partial charge is 0.415 e. The molecule has 0 spiro atoms. The van der Waals surface area contributed by atoms with Gasteiger partial charge in [0, 0.05) is 25.1 Å². The molecule has 0 fully saturated rings. The van der Waals surface area contributed by atoms with Crippen LogP contribution in [0.25, 0.3) is 11.1 Å². The van der Waals surface area contributed by atoms with Crippen LogP contribution in [0.4, 0.5) is 10.5 Å². The molecule has 164 valence electrons. The molecule has 8 heteroatoms. The number of carbonyl (C=O) groups is 1. The molecule has 0 atom stereocenters. The zero-order valence-electron chi connectivity index (χ0n) is 17.8. The number of carbonyl (C=O) groups excluding carboxylic acids is 1. The summed E-state index contributed by atoms with van der Waals surface area (Å²) in [6.45, 7) is 7.74. The number of aryl methyl sites for hydroxylation is 1. The molecule has 0 aliphatic rings. The highest BCUT2D eigenvalue weighted by Crippen LogP contribution is 2.41. The maximum absolute atomic E-state index is 13.0. The minimum absolute atomic E-state index is 0.206. The number of hydrogen-bond acceptors (Lipinski definition) is 5. The van der Waals surface area contributed by atoms with Gasteiger partial charge < -0.3 is 13.9 Å². The molecule has 3 rings (SSSR count). The Kier molecular flexibility index (Phi) is 7.28. The molecule has 6 nitrogen and oxygen atoms in total. The van der Waals surface area contributed by atoms with Crippen LogP contribution in [-0.2, 0) is 11.3 Å². The predicted octanol–water partition coefficient (Wildman–Crippen LogP) is 6.97. The first-order valence-electron chi connectivity index (χ1n) is 9.71. The highest BCUT2D eigenvalue weighted by Gasteiger charge is 2.27. The molecule has 1 amide bonds. The van der Waals surface area contributed by atoms with Gasteiger partial charge in [-0.25, -0.2) is 9.78 Å². The number of anilines is 1. The zero-order chi connectivity index (χ0) is 22.6. The van der Waals surface area contributed by atoms with Gasteiger partial charge in [-0.15, -0.1) is 0 Å². The summed E-state index contributed by atoms with van der Waals surface area (Å²) in [6.07, 6.45) is 1.14. The molecular weight excluding hydrogens is 484 g/mol. The summed E-state index contributed by atoms with van der Waals surface area (Å²) in [4.78, 5) is 18.9. The summed E-state index contributed by atoms with van der Waals surface area (Å²) in [7, 11) is 0.